The van der Waals surface area contributed by atoms with Gasteiger partial charge in [-0.2, -0.15) is 10.4 Å². The quantitative estimate of drug-likeness (QED) is 0.469. The van der Waals surface area contributed by atoms with E-state index in [9.17, 15) is 4.79 Å². The molecule has 0 aliphatic heterocycles. The van der Waals surface area contributed by atoms with Gasteiger partial charge in [0.2, 0.25) is 0 Å². The molecule has 0 aromatic heterocycles. The average Bonchev–Trinajstić information content (AvgIpc) is 2.62. The van der Waals surface area contributed by atoms with Crippen molar-refractivity contribution in [3.8, 4) is 17.6 Å². The second-order valence-corrected chi connectivity index (χ2v) is 6.88. The van der Waals surface area contributed by atoms with Crippen molar-refractivity contribution < 1.29 is 14.3 Å². The molecule has 0 aliphatic rings. The monoisotopic (exact) mass is 469 g/mol. The van der Waals surface area contributed by atoms with Gasteiger partial charge in [0.05, 0.1) is 19.4 Å². The number of amides is 1. The molecule has 0 fully saturated rings. The number of nitrogens with zero attached hydrogens (tertiary/aromatic N) is 2. The van der Waals surface area contributed by atoms with Gasteiger partial charge in [-0.05, 0) is 40.2 Å². The van der Waals surface area contributed by atoms with Crippen molar-refractivity contribution >= 4 is 51.3 Å². The van der Waals surface area contributed by atoms with Crippen LogP contribution in [0.3, 0.4) is 0 Å². The molecule has 9 heteroatoms. The molecule has 0 radical (unpaired) electrons. The lowest BCUT2D eigenvalue weighted by Crippen LogP contribution is -2.16. The SMILES string of the molecule is COc1cc(C=NNC(=O)CC#N)c(Br)cc1OCc1ccc(Cl)cc1Cl. The van der Waals surface area contributed by atoms with Crippen LogP contribution in [0.15, 0.2) is 39.9 Å². The molecule has 0 unspecified atom stereocenters. The second-order valence-electron chi connectivity index (χ2n) is 5.18. The fourth-order valence-electron chi connectivity index (χ4n) is 2.00. The number of halogens is 3. The lowest BCUT2D eigenvalue weighted by Gasteiger charge is -2.13. The summed E-state index contributed by atoms with van der Waals surface area (Å²) in [5.41, 5.74) is 3.69. The normalized spacial score (nSPS) is 10.5. The van der Waals surface area contributed by atoms with Crippen LogP contribution < -0.4 is 14.9 Å². The zero-order chi connectivity index (χ0) is 19.8. The van der Waals surface area contributed by atoms with Gasteiger partial charge in [0.15, 0.2) is 11.5 Å². The molecule has 1 N–H and O–H groups in total. The van der Waals surface area contributed by atoms with Crippen LogP contribution in [0.25, 0.3) is 0 Å². The number of ether oxygens (including phenoxy) is 2. The molecule has 6 nitrogen and oxygen atoms in total. The maximum absolute atomic E-state index is 11.2. The minimum Gasteiger partial charge on any atom is -0.493 e. The van der Waals surface area contributed by atoms with E-state index < -0.39 is 5.91 Å². The highest BCUT2D eigenvalue weighted by Crippen LogP contribution is 2.34. The number of carbonyl (C=O) groups excluding carboxylic acids is 1. The predicted molar refractivity (Wildman–Crippen MR) is 107 cm³/mol. The van der Waals surface area contributed by atoms with Gasteiger partial charge in [0.1, 0.15) is 13.0 Å². The van der Waals surface area contributed by atoms with Crippen LogP contribution >= 0.6 is 39.1 Å². The summed E-state index contributed by atoms with van der Waals surface area (Å²) in [6, 6.07) is 10.3. The van der Waals surface area contributed by atoms with Crippen molar-refractivity contribution in [2.75, 3.05) is 7.11 Å². The first-order valence-electron chi connectivity index (χ1n) is 7.57. The Morgan fingerprint density at radius 1 is 1.33 bits per heavy atom. The third kappa shape index (κ3) is 6.14. The lowest BCUT2D eigenvalue weighted by molar-refractivity contribution is -0.120. The van der Waals surface area contributed by atoms with E-state index in [-0.39, 0.29) is 13.0 Å². The maximum atomic E-state index is 11.2. The topological polar surface area (TPSA) is 83.7 Å². The number of rotatable bonds is 7. The molecule has 0 bridgehead atoms. The Balaban J connectivity index is 2.14. The molecule has 0 heterocycles. The third-order valence-electron chi connectivity index (χ3n) is 3.31. The highest BCUT2D eigenvalue weighted by molar-refractivity contribution is 9.10. The Kier molecular flexibility index (Phi) is 7.92. The van der Waals surface area contributed by atoms with E-state index in [0.29, 0.717) is 31.6 Å². The van der Waals surface area contributed by atoms with Gasteiger partial charge in [-0.15, -0.1) is 0 Å². The zero-order valence-electron chi connectivity index (χ0n) is 14.1. The van der Waals surface area contributed by atoms with E-state index >= 15 is 0 Å². The molecular weight excluding hydrogens is 457 g/mol. The molecule has 0 aliphatic carbocycles. The first kappa shape index (κ1) is 21.0. The number of benzene rings is 2. The largest absolute Gasteiger partial charge is 0.493 e. The van der Waals surface area contributed by atoms with Crippen molar-refractivity contribution in [1.82, 2.24) is 5.43 Å². The van der Waals surface area contributed by atoms with E-state index in [2.05, 4.69) is 26.5 Å². The van der Waals surface area contributed by atoms with Gasteiger partial charge in [0, 0.05) is 25.6 Å². The molecule has 27 heavy (non-hydrogen) atoms. The summed E-state index contributed by atoms with van der Waals surface area (Å²) in [6.45, 7) is 0.233. The van der Waals surface area contributed by atoms with Crippen molar-refractivity contribution in [3.05, 3.63) is 56.0 Å². The number of methoxy groups -OCH3 is 1. The predicted octanol–water partition coefficient (Wildman–Crippen LogP) is 4.71. The molecule has 0 saturated heterocycles. The van der Waals surface area contributed by atoms with Crippen LogP contribution in [0.5, 0.6) is 11.5 Å². The summed E-state index contributed by atoms with van der Waals surface area (Å²) in [6.07, 6.45) is 1.17. The van der Waals surface area contributed by atoms with Gasteiger partial charge in [-0.25, -0.2) is 5.43 Å². The fourth-order valence-corrected chi connectivity index (χ4v) is 2.89. The molecule has 2 rings (SSSR count). The number of nitriles is 1. The van der Waals surface area contributed by atoms with E-state index in [1.807, 2.05) is 0 Å². The van der Waals surface area contributed by atoms with Gasteiger partial charge in [-0.3, -0.25) is 4.79 Å². The summed E-state index contributed by atoms with van der Waals surface area (Å²) >= 11 is 15.5. The Morgan fingerprint density at radius 2 is 2.11 bits per heavy atom. The van der Waals surface area contributed by atoms with Gasteiger partial charge < -0.3 is 9.47 Å². The van der Waals surface area contributed by atoms with Crippen molar-refractivity contribution in [2.24, 2.45) is 5.10 Å². The Labute approximate surface area is 174 Å². The number of hydrazone groups is 1. The first-order chi connectivity index (χ1) is 12.9. The van der Waals surface area contributed by atoms with E-state index in [1.165, 1.54) is 13.3 Å². The number of nitrogens with one attached hydrogen (secondary N) is 1. The smallest absolute Gasteiger partial charge is 0.254 e. The van der Waals surface area contributed by atoms with Crippen molar-refractivity contribution in [2.45, 2.75) is 13.0 Å². The molecule has 0 atom stereocenters. The Bertz CT molecular complexity index is 913. The molecule has 2 aromatic carbocycles. The van der Waals surface area contributed by atoms with Crippen LogP contribution in [0.2, 0.25) is 10.0 Å². The number of hydrogen-bond donors (Lipinski definition) is 1. The zero-order valence-corrected chi connectivity index (χ0v) is 17.2. The highest BCUT2D eigenvalue weighted by Gasteiger charge is 2.11. The average molecular weight is 471 g/mol. The van der Waals surface area contributed by atoms with Crippen molar-refractivity contribution in [3.63, 3.8) is 0 Å². The van der Waals surface area contributed by atoms with Crippen LogP contribution in [-0.2, 0) is 11.4 Å². The summed E-state index contributed by atoms with van der Waals surface area (Å²) < 4.78 is 11.8. The van der Waals surface area contributed by atoms with E-state index in [0.717, 1.165) is 5.56 Å². The summed E-state index contributed by atoms with van der Waals surface area (Å²) in [4.78, 5) is 11.2. The molecule has 140 valence electrons. The standard InChI is InChI=1S/C18H14BrCl2N3O3/c1-26-16-6-12(9-23-24-18(25)4-5-22)14(19)8-17(16)27-10-11-2-3-13(20)7-15(11)21/h2-3,6-9H,4,10H2,1H3,(H,24,25). The fraction of sp³-hybridized carbons (Fsp3) is 0.167. The molecule has 0 spiro atoms. The number of hydrogen-bond acceptors (Lipinski definition) is 5. The van der Waals surface area contributed by atoms with Crippen LogP contribution in [-0.4, -0.2) is 19.2 Å². The number of carbonyl (C=O) groups is 1. The summed E-state index contributed by atoms with van der Waals surface area (Å²) in [5.74, 6) is 0.491. The van der Waals surface area contributed by atoms with Crippen LogP contribution in [0.1, 0.15) is 17.5 Å². The Hall–Kier alpha value is -2.27. The second kappa shape index (κ2) is 10.2. The van der Waals surface area contributed by atoms with E-state index in [4.69, 9.17) is 37.9 Å². The summed E-state index contributed by atoms with van der Waals surface area (Å²) in [7, 11) is 1.51. The molecule has 0 saturated carbocycles. The van der Waals surface area contributed by atoms with Gasteiger partial charge in [-0.1, -0.05) is 29.3 Å². The molecule has 2 aromatic rings. The van der Waals surface area contributed by atoms with Crippen LogP contribution in [0, 0.1) is 11.3 Å². The van der Waals surface area contributed by atoms with Crippen molar-refractivity contribution in [1.29, 1.82) is 5.26 Å². The molecular formula is C18H14BrCl2N3O3. The first-order valence-corrected chi connectivity index (χ1v) is 9.12. The maximum Gasteiger partial charge on any atom is 0.254 e. The highest BCUT2D eigenvalue weighted by atomic mass is 79.9. The van der Waals surface area contributed by atoms with Crippen LogP contribution in [0.4, 0.5) is 0 Å². The third-order valence-corrected chi connectivity index (χ3v) is 4.59. The summed E-state index contributed by atoms with van der Waals surface area (Å²) in [5, 5.41) is 13.3. The minimum absolute atomic E-state index is 0.233. The Morgan fingerprint density at radius 3 is 2.78 bits per heavy atom. The minimum atomic E-state index is -0.489. The molecule has 1 amide bonds. The van der Waals surface area contributed by atoms with E-state index in [1.54, 1.807) is 36.4 Å². The van der Waals surface area contributed by atoms with Gasteiger partial charge in [0.25, 0.3) is 5.91 Å². The lowest BCUT2D eigenvalue weighted by atomic mass is 10.2. The van der Waals surface area contributed by atoms with Gasteiger partial charge >= 0.3 is 0 Å².